The minimum atomic E-state index is -4.90. The van der Waals surface area contributed by atoms with Crippen molar-refractivity contribution in [3.63, 3.8) is 0 Å². The van der Waals surface area contributed by atoms with Crippen LogP contribution in [0.2, 0.25) is 5.02 Å². The van der Waals surface area contributed by atoms with E-state index < -0.39 is 50.4 Å². The summed E-state index contributed by atoms with van der Waals surface area (Å²) in [7, 11) is -4.48. The predicted molar refractivity (Wildman–Crippen MR) is 122 cm³/mol. The van der Waals surface area contributed by atoms with E-state index in [1.54, 1.807) is 25.7 Å². The van der Waals surface area contributed by atoms with Gasteiger partial charge in [-0.15, -0.1) is 0 Å². The van der Waals surface area contributed by atoms with Crippen molar-refractivity contribution in [2.45, 2.75) is 75.2 Å². The molecule has 13 heteroatoms. The molecule has 8 nitrogen and oxygen atoms in total. The third-order valence-electron chi connectivity index (χ3n) is 5.83. The zero-order valence-electron chi connectivity index (χ0n) is 19.7. The molecule has 1 aromatic rings. The van der Waals surface area contributed by atoms with Crippen molar-refractivity contribution < 1.29 is 35.9 Å². The summed E-state index contributed by atoms with van der Waals surface area (Å²) in [6, 6.07) is 1.20. The number of hydrogen-bond acceptors (Lipinski definition) is 5. The van der Waals surface area contributed by atoms with Crippen molar-refractivity contribution in [1.29, 1.82) is 0 Å². The zero-order valence-corrected chi connectivity index (χ0v) is 21.3. The van der Waals surface area contributed by atoms with Gasteiger partial charge in [-0.3, -0.25) is 9.69 Å². The Hall–Kier alpha value is -2.05. The van der Waals surface area contributed by atoms with E-state index in [1.807, 2.05) is 0 Å². The fraction of sp³-hybridized carbons (Fsp3) is 0.636. The minimum absolute atomic E-state index is 0.206. The second-order valence-corrected chi connectivity index (χ2v) is 11.8. The maximum Gasteiger partial charge on any atom is 0.417 e. The first-order valence-electron chi connectivity index (χ1n) is 11.3. The van der Waals surface area contributed by atoms with Crippen LogP contribution < -0.4 is 4.72 Å². The van der Waals surface area contributed by atoms with Crippen LogP contribution in [0.1, 0.15) is 52.0 Å². The standard InChI is InChI=1S/C22H29ClF3N3O5S/c1-21(2,3)34-20(31)29-10-4-5-17(29)19(30)28-11-8-15(9-12-28)27-35(32,33)18-7-6-14(23)13-16(18)22(24,25)26/h6-7,13,15,17,27H,4-5,8-12H2,1-3H3/t17-/m0/s1. The molecule has 0 aliphatic carbocycles. The number of alkyl halides is 3. The summed E-state index contributed by atoms with van der Waals surface area (Å²) in [5, 5.41) is -0.226. The maximum absolute atomic E-state index is 13.4. The molecular weight excluding hydrogens is 511 g/mol. The third-order valence-corrected chi connectivity index (χ3v) is 7.64. The molecule has 0 bridgehead atoms. The van der Waals surface area contributed by atoms with Gasteiger partial charge in [0.05, 0.1) is 10.5 Å². The number of hydrogen-bond donors (Lipinski definition) is 1. The molecule has 0 radical (unpaired) electrons. The first-order valence-corrected chi connectivity index (χ1v) is 13.1. The Morgan fingerprint density at radius 2 is 1.71 bits per heavy atom. The summed E-state index contributed by atoms with van der Waals surface area (Å²) in [5.74, 6) is -0.244. The van der Waals surface area contributed by atoms with E-state index in [0.717, 1.165) is 12.1 Å². The number of ether oxygens (including phenoxy) is 1. The maximum atomic E-state index is 13.4. The molecule has 0 saturated carbocycles. The highest BCUT2D eigenvalue weighted by molar-refractivity contribution is 7.89. The van der Waals surface area contributed by atoms with Crippen LogP contribution >= 0.6 is 11.6 Å². The van der Waals surface area contributed by atoms with Gasteiger partial charge in [0.15, 0.2) is 0 Å². The first-order chi connectivity index (χ1) is 16.1. The number of rotatable bonds is 4. The molecule has 0 unspecified atom stereocenters. The molecule has 3 rings (SSSR count). The van der Waals surface area contributed by atoms with Gasteiger partial charge < -0.3 is 9.64 Å². The molecule has 2 aliphatic heterocycles. The topological polar surface area (TPSA) is 96.0 Å². The van der Waals surface area contributed by atoms with Crippen molar-refractivity contribution in [1.82, 2.24) is 14.5 Å². The van der Waals surface area contributed by atoms with Crippen LogP contribution in [-0.2, 0) is 25.7 Å². The molecule has 2 aliphatic rings. The molecule has 1 aromatic carbocycles. The molecule has 1 atom stereocenters. The first kappa shape index (κ1) is 27.5. The van der Waals surface area contributed by atoms with Crippen molar-refractivity contribution in [3.05, 3.63) is 28.8 Å². The van der Waals surface area contributed by atoms with E-state index in [2.05, 4.69) is 4.72 Å². The summed E-state index contributed by atoms with van der Waals surface area (Å²) in [6.07, 6.45) is -3.85. The van der Waals surface area contributed by atoms with Crippen molar-refractivity contribution in [3.8, 4) is 0 Å². The lowest BCUT2D eigenvalue weighted by atomic mass is 10.0. The van der Waals surface area contributed by atoms with Gasteiger partial charge >= 0.3 is 12.3 Å². The molecule has 2 heterocycles. The Balaban J connectivity index is 1.63. The van der Waals surface area contributed by atoms with E-state index in [0.29, 0.717) is 25.5 Å². The van der Waals surface area contributed by atoms with Crippen molar-refractivity contribution >= 4 is 33.6 Å². The van der Waals surface area contributed by atoms with Gasteiger partial charge in [-0.2, -0.15) is 13.2 Å². The summed E-state index contributed by atoms with van der Waals surface area (Å²) in [5.41, 5.74) is -2.03. The average Bonchev–Trinajstić information content (AvgIpc) is 3.21. The Kier molecular flexibility index (Phi) is 7.97. The number of likely N-dealkylation sites (tertiary alicyclic amines) is 2. The quantitative estimate of drug-likeness (QED) is 0.623. The van der Waals surface area contributed by atoms with Gasteiger partial charge in [-0.25, -0.2) is 17.9 Å². The summed E-state index contributed by atoms with van der Waals surface area (Å²) in [6.45, 7) is 6.04. The molecule has 196 valence electrons. The molecular formula is C22H29ClF3N3O5S. The lowest BCUT2D eigenvalue weighted by Crippen LogP contribution is -2.53. The smallest absolute Gasteiger partial charge is 0.417 e. The number of halogens is 4. The molecule has 2 amide bonds. The highest BCUT2D eigenvalue weighted by Gasteiger charge is 2.41. The number of nitrogens with one attached hydrogen (secondary N) is 1. The molecule has 35 heavy (non-hydrogen) atoms. The molecule has 1 N–H and O–H groups in total. The van der Waals surface area contributed by atoms with Gasteiger partial charge in [-0.05, 0) is 64.7 Å². The van der Waals surface area contributed by atoms with Gasteiger partial charge in [0.1, 0.15) is 11.6 Å². The van der Waals surface area contributed by atoms with Crippen LogP contribution in [0.15, 0.2) is 23.1 Å². The van der Waals surface area contributed by atoms with Crippen molar-refractivity contribution in [2.75, 3.05) is 19.6 Å². The number of piperidine rings is 1. The largest absolute Gasteiger partial charge is 0.444 e. The van der Waals surface area contributed by atoms with Crippen LogP contribution in [0.4, 0.5) is 18.0 Å². The minimum Gasteiger partial charge on any atom is -0.444 e. The van der Waals surface area contributed by atoms with E-state index >= 15 is 0 Å². The highest BCUT2D eigenvalue weighted by Crippen LogP contribution is 2.36. The molecule has 0 spiro atoms. The van der Waals surface area contributed by atoms with Gasteiger partial charge in [0.2, 0.25) is 15.9 Å². The van der Waals surface area contributed by atoms with Crippen LogP contribution in [-0.4, -0.2) is 67.5 Å². The Morgan fingerprint density at radius 1 is 1.09 bits per heavy atom. The number of benzene rings is 1. The third kappa shape index (κ3) is 6.79. The Labute approximate surface area is 207 Å². The fourth-order valence-electron chi connectivity index (χ4n) is 4.23. The number of sulfonamides is 1. The SMILES string of the molecule is CC(C)(C)OC(=O)N1CCC[C@H]1C(=O)N1CCC(NS(=O)(=O)c2ccc(Cl)cc2C(F)(F)F)CC1. The summed E-state index contributed by atoms with van der Waals surface area (Å²) >= 11 is 5.64. The predicted octanol–water partition coefficient (Wildman–Crippen LogP) is 4.03. The monoisotopic (exact) mass is 539 g/mol. The summed E-state index contributed by atoms with van der Waals surface area (Å²) in [4.78, 5) is 27.6. The molecule has 0 aromatic heterocycles. The fourth-order valence-corrected chi connectivity index (χ4v) is 5.92. The van der Waals surface area contributed by atoms with E-state index in [4.69, 9.17) is 16.3 Å². The zero-order chi connectivity index (χ0) is 26.2. The van der Waals surface area contributed by atoms with Crippen LogP contribution in [0.3, 0.4) is 0 Å². The van der Waals surface area contributed by atoms with E-state index in [-0.39, 0.29) is 36.9 Å². The number of carbonyl (C=O) groups is 2. The second kappa shape index (κ2) is 10.1. The number of amides is 2. The Morgan fingerprint density at radius 3 is 2.29 bits per heavy atom. The normalized spacial score (nSPS) is 20.3. The van der Waals surface area contributed by atoms with E-state index in [1.165, 1.54) is 4.90 Å². The summed E-state index contributed by atoms with van der Waals surface area (Å²) < 4.78 is 73.3. The van der Waals surface area contributed by atoms with Crippen molar-refractivity contribution in [2.24, 2.45) is 0 Å². The van der Waals surface area contributed by atoms with E-state index in [9.17, 15) is 31.2 Å². The highest BCUT2D eigenvalue weighted by atomic mass is 35.5. The Bertz CT molecular complexity index is 1070. The molecule has 2 saturated heterocycles. The lowest BCUT2D eigenvalue weighted by Gasteiger charge is -2.36. The van der Waals surface area contributed by atoms with Gasteiger partial charge in [0.25, 0.3) is 0 Å². The molecule has 2 fully saturated rings. The van der Waals surface area contributed by atoms with Crippen LogP contribution in [0, 0.1) is 0 Å². The van der Waals surface area contributed by atoms with Crippen LogP contribution in [0.25, 0.3) is 0 Å². The second-order valence-electron chi connectivity index (χ2n) is 9.69. The average molecular weight is 540 g/mol. The lowest BCUT2D eigenvalue weighted by molar-refractivity contribution is -0.140. The van der Waals surface area contributed by atoms with Crippen LogP contribution in [0.5, 0.6) is 0 Å². The van der Waals surface area contributed by atoms with Gasteiger partial charge in [-0.1, -0.05) is 11.6 Å². The van der Waals surface area contributed by atoms with Gasteiger partial charge in [0, 0.05) is 30.7 Å². The number of carbonyl (C=O) groups excluding carboxylic acids is 2. The number of nitrogens with zero attached hydrogens (tertiary/aromatic N) is 2.